The summed E-state index contributed by atoms with van der Waals surface area (Å²) >= 11 is 12.7. The lowest BCUT2D eigenvalue weighted by molar-refractivity contribution is 0.0997. The number of hydrogen-bond acceptors (Lipinski definition) is 7. The number of ether oxygens (including phenoxy) is 2. The minimum absolute atomic E-state index is 0.00588. The number of amides is 1. The highest BCUT2D eigenvalue weighted by atomic mass is 35.5. The van der Waals surface area contributed by atoms with Crippen LogP contribution in [0.15, 0.2) is 36.4 Å². The van der Waals surface area contributed by atoms with Crippen molar-refractivity contribution in [1.29, 1.82) is 0 Å². The van der Waals surface area contributed by atoms with Crippen molar-refractivity contribution >= 4 is 40.7 Å². The van der Waals surface area contributed by atoms with Crippen LogP contribution in [0.2, 0.25) is 10.0 Å². The number of rotatable bonds is 9. The number of aromatic nitrogens is 2. The van der Waals surface area contributed by atoms with E-state index in [2.05, 4.69) is 20.2 Å². The van der Waals surface area contributed by atoms with Gasteiger partial charge in [-0.1, -0.05) is 29.3 Å². The van der Waals surface area contributed by atoms with Crippen molar-refractivity contribution in [1.82, 2.24) is 14.9 Å². The van der Waals surface area contributed by atoms with Crippen LogP contribution in [0.1, 0.15) is 15.9 Å². The normalized spacial score (nSPS) is 10.9. The van der Waals surface area contributed by atoms with Gasteiger partial charge in [0.15, 0.2) is 0 Å². The fraction of sp³-hybridized carbons (Fsp3) is 0.261. The Labute approximate surface area is 202 Å². The van der Waals surface area contributed by atoms with Gasteiger partial charge in [0.2, 0.25) is 11.8 Å². The van der Waals surface area contributed by atoms with Crippen LogP contribution < -0.4 is 20.5 Å². The second-order valence-electron chi connectivity index (χ2n) is 7.50. The number of anilines is 2. The molecule has 1 amide bonds. The van der Waals surface area contributed by atoms with Gasteiger partial charge in [-0.2, -0.15) is 4.98 Å². The van der Waals surface area contributed by atoms with Crippen LogP contribution in [0, 0.1) is 6.92 Å². The maximum atomic E-state index is 12.2. The zero-order valence-corrected chi connectivity index (χ0v) is 20.3. The first-order valence-electron chi connectivity index (χ1n) is 10.1. The maximum absolute atomic E-state index is 12.2. The number of nitrogens with one attached hydrogen (secondary N) is 1. The van der Waals surface area contributed by atoms with E-state index in [-0.39, 0.29) is 23.1 Å². The van der Waals surface area contributed by atoms with Crippen LogP contribution in [0.4, 0.5) is 11.6 Å². The molecular formula is C23H25Cl2N5O3. The molecule has 0 atom stereocenters. The highest BCUT2D eigenvalue weighted by Crippen LogP contribution is 2.38. The summed E-state index contributed by atoms with van der Waals surface area (Å²) in [4.78, 5) is 23.1. The van der Waals surface area contributed by atoms with Crippen molar-refractivity contribution in [2.75, 3.05) is 39.7 Å². The van der Waals surface area contributed by atoms with Crippen LogP contribution >= 0.6 is 23.2 Å². The van der Waals surface area contributed by atoms with Gasteiger partial charge < -0.3 is 25.4 Å². The average Bonchev–Trinajstić information content (AvgIpc) is 2.74. The number of hydrogen-bond donors (Lipinski definition) is 2. The predicted molar refractivity (Wildman–Crippen MR) is 131 cm³/mol. The quantitative estimate of drug-likeness (QED) is 0.454. The van der Waals surface area contributed by atoms with Crippen molar-refractivity contribution in [2.45, 2.75) is 6.92 Å². The van der Waals surface area contributed by atoms with E-state index in [1.165, 1.54) is 7.11 Å². The predicted octanol–water partition coefficient (Wildman–Crippen LogP) is 4.55. The Hall–Kier alpha value is -3.07. The molecule has 8 nitrogen and oxygen atoms in total. The summed E-state index contributed by atoms with van der Waals surface area (Å²) in [6.07, 6.45) is 0. The van der Waals surface area contributed by atoms with Crippen molar-refractivity contribution in [3.8, 4) is 22.9 Å². The van der Waals surface area contributed by atoms with Crippen molar-refractivity contribution in [3.05, 3.63) is 57.6 Å². The Kier molecular flexibility index (Phi) is 7.97. The van der Waals surface area contributed by atoms with Gasteiger partial charge in [-0.3, -0.25) is 4.79 Å². The first-order chi connectivity index (χ1) is 15.7. The molecule has 0 aliphatic carbocycles. The molecule has 1 heterocycles. The molecule has 0 fully saturated rings. The number of methoxy groups -OCH3 is 1. The highest BCUT2D eigenvalue weighted by molar-refractivity contribution is 6.39. The van der Waals surface area contributed by atoms with E-state index in [4.69, 9.17) is 38.4 Å². The molecule has 33 heavy (non-hydrogen) atoms. The number of benzene rings is 2. The number of nitrogens with two attached hydrogens (primary N) is 1. The highest BCUT2D eigenvalue weighted by Gasteiger charge is 2.24. The molecule has 0 saturated carbocycles. The SMILES string of the molecule is COc1nc(Nc2ccc(OCCN(C)C)c(C)c2)nc(-c2c(Cl)cccc2Cl)c1C(N)=O. The first kappa shape index (κ1) is 24.6. The van der Waals surface area contributed by atoms with Gasteiger partial charge in [0.25, 0.3) is 5.91 Å². The molecule has 174 valence electrons. The molecule has 0 aliphatic heterocycles. The van der Waals surface area contributed by atoms with Gasteiger partial charge in [0.1, 0.15) is 17.9 Å². The zero-order valence-electron chi connectivity index (χ0n) is 18.8. The zero-order chi connectivity index (χ0) is 24.1. The summed E-state index contributed by atoms with van der Waals surface area (Å²) in [6, 6.07) is 10.6. The number of likely N-dealkylation sites (N-methyl/N-ethyl adjacent to an activating group) is 1. The van der Waals surface area contributed by atoms with E-state index < -0.39 is 5.91 Å². The molecule has 3 N–H and O–H groups in total. The summed E-state index contributed by atoms with van der Waals surface area (Å²) < 4.78 is 11.2. The van der Waals surface area contributed by atoms with E-state index >= 15 is 0 Å². The van der Waals surface area contributed by atoms with Crippen LogP contribution in [0.3, 0.4) is 0 Å². The molecule has 0 saturated heterocycles. The third kappa shape index (κ3) is 5.84. The number of primary amides is 1. The standard InChI is InChI=1S/C23H25Cl2N5O3/c1-13-12-14(8-9-17(13)33-11-10-30(2)3)27-23-28-20(18-15(24)6-5-7-16(18)25)19(21(26)31)22(29-23)32-4/h5-9,12H,10-11H2,1-4H3,(H2,26,31)(H,27,28,29). The molecule has 0 aliphatic rings. The Morgan fingerprint density at radius 2 is 1.85 bits per heavy atom. The Bertz CT molecular complexity index is 1150. The van der Waals surface area contributed by atoms with Crippen molar-refractivity contribution in [2.24, 2.45) is 5.73 Å². The summed E-state index contributed by atoms with van der Waals surface area (Å²) in [5.41, 5.74) is 7.78. The average molecular weight is 490 g/mol. The Morgan fingerprint density at radius 1 is 1.15 bits per heavy atom. The molecule has 0 spiro atoms. The molecule has 1 aromatic heterocycles. The van der Waals surface area contributed by atoms with E-state index in [0.717, 1.165) is 23.5 Å². The molecular weight excluding hydrogens is 465 g/mol. The van der Waals surface area contributed by atoms with E-state index in [1.807, 2.05) is 39.2 Å². The lowest BCUT2D eigenvalue weighted by Crippen LogP contribution is -2.19. The molecule has 0 unspecified atom stereocenters. The van der Waals surface area contributed by atoms with Crippen LogP contribution in [-0.4, -0.2) is 55.1 Å². The summed E-state index contributed by atoms with van der Waals surface area (Å²) in [6.45, 7) is 3.34. The minimum atomic E-state index is -0.764. The number of carbonyl (C=O) groups is 1. The Balaban J connectivity index is 1.99. The molecule has 3 rings (SSSR count). The molecule has 2 aromatic carbocycles. The summed E-state index contributed by atoms with van der Waals surface area (Å²) in [7, 11) is 5.37. The van der Waals surface area contributed by atoms with E-state index in [0.29, 0.717) is 22.2 Å². The smallest absolute Gasteiger partial charge is 0.256 e. The second-order valence-corrected chi connectivity index (χ2v) is 8.31. The molecule has 10 heteroatoms. The van der Waals surface area contributed by atoms with Gasteiger partial charge in [0.05, 0.1) is 22.8 Å². The number of nitrogens with zero attached hydrogens (tertiary/aromatic N) is 3. The summed E-state index contributed by atoms with van der Waals surface area (Å²) in [5, 5.41) is 3.76. The monoisotopic (exact) mass is 489 g/mol. The third-order valence-corrected chi connectivity index (χ3v) is 5.37. The lowest BCUT2D eigenvalue weighted by atomic mass is 10.1. The second kappa shape index (κ2) is 10.7. The minimum Gasteiger partial charge on any atom is -0.492 e. The number of halogens is 2. The fourth-order valence-corrected chi connectivity index (χ4v) is 3.70. The van der Waals surface area contributed by atoms with E-state index in [9.17, 15) is 4.79 Å². The molecule has 0 radical (unpaired) electrons. The first-order valence-corrected chi connectivity index (χ1v) is 10.8. The molecule has 3 aromatic rings. The van der Waals surface area contributed by atoms with Crippen molar-refractivity contribution in [3.63, 3.8) is 0 Å². The van der Waals surface area contributed by atoms with Gasteiger partial charge in [-0.05, 0) is 56.9 Å². The summed E-state index contributed by atoms with van der Waals surface area (Å²) in [5.74, 6) is 0.211. The Morgan fingerprint density at radius 3 is 2.42 bits per heavy atom. The number of carbonyl (C=O) groups excluding carboxylic acids is 1. The number of aryl methyl sites for hydroxylation is 1. The van der Waals surface area contributed by atoms with Crippen LogP contribution in [-0.2, 0) is 0 Å². The molecule has 0 bridgehead atoms. The van der Waals surface area contributed by atoms with Crippen LogP contribution in [0.5, 0.6) is 11.6 Å². The van der Waals surface area contributed by atoms with Gasteiger partial charge in [-0.25, -0.2) is 4.98 Å². The van der Waals surface area contributed by atoms with Crippen molar-refractivity contribution < 1.29 is 14.3 Å². The van der Waals surface area contributed by atoms with E-state index in [1.54, 1.807) is 18.2 Å². The third-order valence-electron chi connectivity index (χ3n) is 4.74. The van der Waals surface area contributed by atoms with Gasteiger partial charge in [-0.15, -0.1) is 0 Å². The maximum Gasteiger partial charge on any atom is 0.256 e. The lowest BCUT2D eigenvalue weighted by Gasteiger charge is -2.16. The topological polar surface area (TPSA) is 103 Å². The van der Waals surface area contributed by atoms with Gasteiger partial charge in [0, 0.05) is 17.8 Å². The fourth-order valence-electron chi connectivity index (χ4n) is 3.13. The largest absolute Gasteiger partial charge is 0.492 e. The van der Waals surface area contributed by atoms with Gasteiger partial charge >= 0.3 is 0 Å². The van der Waals surface area contributed by atoms with Crippen LogP contribution in [0.25, 0.3) is 11.3 Å².